The maximum Gasteiger partial charge on any atom is 0.0129 e. The largest absolute Gasteiger partial charge is 0.133 e. The predicted octanol–water partition coefficient (Wildman–Crippen LogP) is 2.88. The average Bonchev–Trinajstić information content (AvgIpc) is 2.13. The van der Waals surface area contributed by atoms with Gasteiger partial charge in [0.1, 0.15) is 0 Å². The second-order valence-corrected chi connectivity index (χ2v) is 3.94. The van der Waals surface area contributed by atoms with Crippen LogP contribution in [0.1, 0.15) is 6.42 Å². The molecule has 50 valence electrons. The average molecular weight is 158 g/mol. The van der Waals surface area contributed by atoms with Crippen LogP contribution >= 0.6 is 23.5 Å². The minimum Gasteiger partial charge on any atom is -0.133 e. The van der Waals surface area contributed by atoms with Crippen LogP contribution in [0, 0.1) is 0 Å². The Kier molecular flexibility index (Phi) is 3.30. The summed E-state index contributed by atoms with van der Waals surface area (Å²) in [5.41, 5.74) is 0. The molecule has 0 N–H and O–H groups in total. The molecule has 0 radical (unpaired) electrons. The Bertz CT molecular complexity index is 127. The lowest BCUT2D eigenvalue weighted by Crippen LogP contribution is -1.77. The molecule has 1 rings (SSSR count). The summed E-state index contributed by atoms with van der Waals surface area (Å²) in [6.07, 6.45) is 3.26. The number of thioether (sulfide) groups is 2. The van der Waals surface area contributed by atoms with Gasteiger partial charge < -0.3 is 0 Å². The summed E-state index contributed by atoms with van der Waals surface area (Å²) in [5.74, 6) is 2.52. The first-order valence-electron chi connectivity index (χ1n) is 3.00. The van der Waals surface area contributed by atoms with Gasteiger partial charge in [-0.1, -0.05) is 12.7 Å². The van der Waals surface area contributed by atoms with E-state index in [4.69, 9.17) is 0 Å². The summed E-state index contributed by atoms with van der Waals surface area (Å²) in [7, 11) is 0. The smallest absolute Gasteiger partial charge is 0.0129 e. The lowest BCUT2D eigenvalue weighted by molar-refractivity contribution is 1.13. The van der Waals surface area contributed by atoms with Crippen molar-refractivity contribution < 1.29 is 0 Å². The first kappa shape index (κ1) is 7.29. The molecular formula is C7H10S2. The molecular weight excluding hydrogens is 148 g/mol. The van der Waals surface area contributed by atoms with Crippen molar-refractivity contribution in [2.45, 2.75) is 6.42 Å². The van der Waals surface area contributed by atoms with Gasteiger partial charge in [-0.25, -0.2) is 0 Å². The molecule has 2 heteroatoms. The van der Waals surface area contributed by atoms with Crippen LogP contribution in [0.15, 0.2) is 23.0 Å². The van der Waals surface area contributed by atoms with Crippen LogP contribution in [0.25, 0.3) is 0 Å². The lowest BCUT2D eigenvalue weighted by Gasteiger charge is -1.92. The van der Waals surface area contributed by atoms with Gasteiger partial charge in [-0.2, -0.15) is 0 Å². The van der Waals surface area contributed by atoms with Crippen molar-refractivity contribution in [3.05, 3.63) is 23.0 Å². The van der Waals surface area contributed by atoms with Crippen LogP contribution in [0.2, 0.25) is 0 Å². The van der Waals surface area contributed by atoms with E-state index >= 15 is 0 Å². The van der Waals surface area contributed by atoms with Crippen LogP contribution in [-0.4, -0.2) is 11.5 Å². The van der Waals surface area contributed by atoms with Gasteiger partial charge in [-0.3, -0.25) is 0 Å². The molecule has 0 aromatic rings. The summed E-state index contributed by atoms with van der Waals surface area (Å²) in [5, 5.41) is 2.20. The quantitative estimate of drug-likeness (QED) is 0.575. The molecule has 0 aromatic heterocycles. The fourth-order valence-corrected chi connectivity index (χ4v) is 2.60. The topological polar surface area (TPSA) is 0 Å². The van der Waals surface area contributed by atoms with Crippen molar-refractivity contribution in [1.82, 2.24) is 0 Å². The first-order chi connectivity index (χ1) is 4.43. The van der Waals surface area contributed by atoms with Crippen LogP contribution in [0.3, 0.4) is 0 Å². The number of rotatable bonds is 1. The summed E-state index contributed by atoms with van der Waals surface area (Å²) in [6, 6.07) is 0. The fourth-order valence-electron chi connectivity index (χ4n) is 0.614. The van der Waals surface area contributed by atoms with Crippen molar-refractivity contribution in [2.24, 2.45) is 0 Å². The molecule has 0 unspecified atom stereocenters. The van der Waals surface area contributed by atoms with Crippen molar-refractivity contribution in [3.63, 3.8) is 0 Å². The molecule has 0 saturated carbocycles. The molecule has 0 nitrogen and oxygen atoms in total. The van der Waals surface area contributed by atoms with Gasteiger partial charge in [0.25, 0.3) is 0 Å². The molecule has 9 heavy (non-hydrogen) atoms. The summed E-state index contributed by atoms with van der Waals surface area (Å²) < 4.78 is 0. The fraction of sp³-hybridized carbons (Fsp3) is 0.429. The zero-order valence-corrected chi connectivity index (χ0v) is 6.93. The first-order valence-corrected chi connectivity index (χ1v) is 5.04. The Morgan fingerprint density at radius 3 is 3.22 bits per heavy atom. The van der Waals surface area contributed by atoms with Crippen molar-refractivity contribution in [1.29, 1.82) is 0 Å². The minimum atomic E-state index is 1.25. The molecule has 0 atom stereocenters. The highest BCUT2D eigenvalue weighted by Gasteiger charge is 1.97. The van der Waals surface area contributed by atoms with E-state index in [1.54, 1.807) is 0 Å². The number of allylic oxidation sites excluding steroid dienone is 1. The minimum absolute atomic E-state index is 1.25. The van der Waals surface area contributed by atoms with Crippen molar-refractivity contribution >= 4 is 23.5 Å². The molecule has 1 aliphatic heterocycles. The third-order valence-corrected chi connectivity index (χ3v) is 3.28. The maximum absolute atomic E-state index is 3.72. The summed E-state index contributed by atoms with van der Waals surface area (Å²) >= 11 is 3.80. The summed E-state index contributed by atoms with van der Waals surface area (Å²) in [6.45, 7) is 3.72. The van der Waals surface area contributed by atoms with Crippen molar-refractivity contribution in [3.8, 4) is 0 Å². The van der Waals surface area contributed by atoms with Gasteiger partial charge in [0, 0.05) is 4.91 Å². The van der Waals surface area contributed by atoms with E-state index in [2.05, 4.69) is 12.0 Å². The van der Waals surface area contributed by atoms with E-state index in [1.807, 2.05) is 29.6 Å². The van der Waals surface area contributed by atoms with E-state index in [-0.39, 0.29) is 0 Å². The second-order valence-electron chi connectivity index (χ2n) is 1.80. The second kappa shape index (κ2) is 4.07. The molecule has 0 saturated heterocycles. The Labute approximate surface area is 64.8 Å². The Hall–Kier alpha value is 0.180. The van der Waals surface area contributed by atoms with E-state index in [0.29, 0.717) is 0 Å². The normalized spacial score (nSPS) is 20.2. The van der Waals surface area contributed by atoms with Gasteiger partial charge in [0.2, 0.25) is 0 Å². The summed E-state index contributed by atoms with van der Waals surface area (Å²) in [4.78, 5) is 1.33. The molecule has 0 bridgehead atoms. The van der Waals surface area contributed by atoms with Gasteiger partial charge in [-0.15, -0.1) is 23.5 Å². The molecule has 0 amide bonds. The highest BCUT2D eigenvalue weighted by atomic mass is 32.2. The van der Waals surface area contributed by atoms with Gasteiger partial charge in [0.05, 0.1) is 0 Å². The third-order valence-electron chi connectivity index (χ3n) is 1.08. The lowest BCUT2D eigenvalue weighted by atomic mass is 10.6. The highest BCUT2D eigenvalue weighted by molar-refractivity contribution is 8.06. The maximum atomic E-state index is 3.72. The monoisotopic (exact) mass is 158 g/mol. The Morgan fingerprint density at radius 2 is 2.44 bits per heavy atom. The molecule has 0 aliphatic carbocycles. The van der Waals surface area contributed by atoms with Gasteiger partial charge >= 0.3 is 0 Å². The Balaban J connectivity index is 2.46. The molecule has 0 fully saturated rings. The predicted molar refractivity (Wildman–Crippen MR) is 47.8 cm³/mol. The van der Waals surface area contributed by atoms with E-state index in [1.165, 1.54) is 22.8 Å². The molecule has 1 aliphatic rings. The van der Waals surface area contributed by atoms with Crippen LogP contribution in [0.5, 0.6) is 0 Å². The standard InChI is InChI=1S/C7H10S2/c1-2-7-6-8-4-3-5-9-7/h2,6H,1,3-5H2. The number of hydrogen-bond donors (Lipinski definition) is 0. The molecule has 1 heterocycles. The zero-order valence-electron chi connectivity index (χ0n) is 5.30. The third kappa shape index (κ3) is 2.50. The van der Waals surface area contributed by atoms with E-state index in [0.717, 1.165) is 0 Å². The zero-order chi connectivity index (χ0) is 6.53. The van der Waals surface area contributed by atoms with Gasteiger partial charge in [0.15, 0.2) is 0 Å². The van der Waals surface area contributed by atoms with Crippen LogP contribution in [0.4, 0.5) is 0 Å². The molecule has 0 spiro atoms. The van der Waals surface area contributed by atoms with E-state index < -0.39 is 0 Å². The van der Waals surface area contributed by atoms with Crippen LogP contribution < -0.4 is 0 Å². The van der Waals surface area contributed by atoms with Crippen LogP contribution in [-0.2, 0) is 0 Å². The molecule has 0 aromatic carbocycles. The SMILES string of the molecule is C=CC1=CSCCCS1. The van der Waals surface area contributed by atoms with Gasteiger partial charge in [-0.05, 0) is 23.3 Å². The Morgan fingerprint density at radius 1 is 1.56 bits per heavy atom. The van der Waals surface area contributed by atoms with E-state index in [9.17, 15) is 0 Å². The number of hydrogen-bond acceptors (Lipinski definition) is 2. The highest BCUT2D eigenvalue weighted by Crippen LogP contribution is 2.25. The van der Waals surface area contributed by atoms with Crippen molar-refractivity contribution in [2.75, 3.05) is 11.5 Å².